The van der Waals surface area contributed by atoms with Crippen molar-refractivity contribution in [2.45, 2.75) is 109 Å². The summed E-state index contributed by atoms with van der Waals surface area (Å²) in [6.07, 6.45) is 16.1. The minimum absolute atomic E-state index is 0.197. The summed E-state index contributed by atoms with van der Waals surface area (Å²) in [6.45, 7) is 5.03. The molecule has 7 nitrogen and oxygen atoms in total. The summed E-state index contributed by atoms with van der Waals surface area (Å²) in [5, 5.41) is 0.422. The maximum absolute atomic E-state index is 13.3. The molecule has 1 aliphatic heterocycles. The van der Waals surface area contributed by atoms with Gasteiger partial charge in [-0.25, -0.2) is 4.99 Å². The molecular formula is C29H40N4O3. The van der Waals surface area contributed by atoms with E-state index in [0.29, 0.717) is 48.5 Å². The third-order valence-electron chi connectivity index (χ3n) is 8.20. The topological polar surface area (TPSA) is 79.7 Å². The first-order chi connectivity index (χ1) is 17.6. The minimum atomic E-state index is -0.197. The van der Waals surface area contributed by atoms with Crippen LogP contribution in [0.1, 0.15) is 95.5 Å². The fourth-order valence-corrected chi connectivity index (χ4v) is 6.22. The third kappa shape index (κ3) is 5.60. The van der Waals surface area contributed by atoms with E-state index in [1.54, 1.807) is 4.57 Å². The Hall–Kier alpha value is -2.83. The summed E-state index contributed by atoms with van der Waals surface area (Å²) < 4.78 is 7.81. The number of benzene rings is 1. The van der Waals surface area contributed by atoms with Crippen molar-refractivity contribution in [1.29, 1.82) is 0 Å². The average Bonchev–Trinajstić information content (AvgIpc) is 3.18. The first-order valence-corrected chi connectivity index (χ1v) is 14.0. The van der Waals surface area contributed by atoms with Crippen LogP contribution in [0.4, 0.5) is 5.69 Å². The molecule has 0 atom stereocenters. The van der Waals surface area contributed by atoms with Crippen LogP contribution < -0.4 is 21.3 Å². The molecule has 194 valence electrons. The molecule has 7 heteroatoms. The number of amides is 1. The van der Waals surface area contributed by atoms with E-state index in [0.717, 1.165) is 36.3 Å². The second kappa shape index (κ2) is 11.5. The van der Waals surface area contributed by atoms with Crippen molar-refractivity contribution in [3.63, 3.8) is 0 Å². The van der Waals surface area contributed by atoms with E-state index >= 15 is 0 Å². The maximum Gasteiger partial charge on any atom is 0.274 e. The number of aromatic amines is 1. The highest BCUT2D eigenvalue weighted by Crippen LogP contribution is 2.31. The Labute approximate surface area is 213 Å². The van der Waals surface area contributed by atoms with Crippen molar-refractivity contribution < 1.29 is 9.53 Å². The lowest BCUT2D eigenvalue weighted by atomic mass is 9.88. The lowest BCUT2D eigenvalue weighted by molar-refractivity contribution is -0.138. The molecule has 0 spiro atoms. The predicted molar refractivity (Wildman–Crippen MR) is 141 cm³/mol. The van der Waals surface area contributed by atoms with Gasteiger partial charge in [-0.3, -0.25) is 14.6 Å². The van der Waals surface area contributed by atoms with E-state index in [1.807, 2.05) is 18.2 Å². The second-order valence-electron chi connectivity index (χ2n) is 10.8. The van der Waals surface area contributed by atoms with Gasteiger partial charge in [-0.05, 0) is 63.1 Å². The first kappa shape index (κ1) is 24.8. The zero-order chi connectivity index (χ0) is 24.9. The summed E-state index contributed by atoms with van der Waals surface area (Å²) in [5.41, 5.74) is 2.22. The van der Waals surface area contributed by atoms with Gasteiger partial charge in [0.2, 0.25) is 11.5 Å². The number of aromatic nitrogens is 2. The monoisotopic (exact) mass is 492 g/mol. The van der Waals surface area contributed by atoms with Crippen LogP contribution >= 0.6 is 0 Å². The van der Waals surface area contributed by atoms with Crippen molar-refractivity contribution in [3.8, 4) is 5.75 Å². The molecule has 2 aliphatic carbocycles. The standard InChI is InChI=1S/C29H40N4O3/c1-21-28(35)31-29-30-26-17-16-25(19-22(26)20-32(21)29)36-18-10-4-9-15-27(34)33(23-11-5-2-6-12-23)24-13-7-3-8-14-24/h16-17,19,23-24H,1-15,18,20H2,(H,30,31,35). The van der Waals surface area contributed by atoms with Crippen molar-refractivity contribution in [2.75, 3.05) is 6.61 Å². The van der Waals surface area contributed by atoms with Gasteiger partial charge in [0.15, 0.2) is 0 Å². The summed E-state index contributed by atoms with van der Waals surface area (Å²) in [4.78, 5) is 34.8. The number of carbonyl (C=O) groups is 1. The van der Waals surface area contributed by atoms with Crippen LogP contribution in [0.15, 0.2) is 28.0 Å². The molecular weight excluding hydrogens is 452 g/mol. The summed E-state index contributed by atoms with van der Waals surface area (Å²) >= 11 is 0. The fraction of sp³-hybridized carbons (Fsp3) is 0.621. The van der Waals surface area contributed by atoms with Gasteiger partial charge in [-0.1, -0.05) is 45.1 Å². The lowest BCUT2D eigenvalue weighted by Gasteiger charge is -2.42. The first-order valence-electron chi connectivity index (χ1n) is 14.0. The number of rotatable bonds is 9. The van der Waals surface area contributed by atoms with E-state index < -0.39 is 0 Å². The number of ether oxygens (including phenoxy) is 1. The van der Waals surface area contributed by atoms with E-state index in [9.17, 15) is 9.59 Å². The van der Waals surface area contributed by atoms with Crippen LogP contribution in [0, 0.1) is 0 Å². The Balaban J connectivity index is 1.08. The van der Waals surface area contributed by atoms with Gasteiger partial charge in [0.05, 0.1) is 18.8 Å². The zero-order valence-electron chi connectivity index (χ0n) is 21.5. The number of carbonyl (C=O) groups excluding carboxylic acids is 1. The van der Waals surface area contributed by atoms with Gasteiger partial charge in [-0.2, -0.15) is 0 Å². The molecule has 0 bridgehead atoms. The Morgan fingerprint density at radius 2 is 1.72 bits per heavy atom. The normalized spacial score (nSPS) is 18.2. The maximum atomic E-state index is 13.3. The van der Waals surface area contributed by atoms with Gasteiger partial charge >= 0.3 is 0 Å². The highest BCUT2D eigenvalue weighted by atomic mass is 16.5. The molecule has 5 rings (SSSR count). The SMILES string of the molecule is C=c1c(=O)[nH]c2n1Cc1cc(OCCCCCC(=O)N(C3CCCCC3)C3CCCCC3)ccc1N=2. The molecule has 2 saturated carbocycles. The molecule has 0 saturated heterocycles. The molecule has 1 amide bonds. The average molecular weight is 493 g/mol. The van der Waals surface area contributed by atoms with Crippen molar-refractivity contribution >= 4 is 18.2 Å². The van der Waals surface area contributed by atoms with Crippen LogP contribution in [-0.4, -0.2) is 39.0 Å². The molecule has 3 aliphatic rings. The zero-order valence-corrected chi connectivity index (χ0v) is 21.5. The number of H-pyrrole nitrogens is 1. The van der Waals surface area contributed by atoms with Crippen molar-refractivity contribution in [1.82, 2.24) is 14.5 Å². The van der Waals surface area contributed by atoms with E-state index in [2.05, 4.69) is 21.5 Å². The largest absolute Gasteiger partial charge is 0.494 e. The van der Waals surface area contributed by atoms with Gasteiger partial charge in [-0.15, -0.1) is 0 Å². The van der Waals surface area contributed by atoms with E-state index in [-0.39, 0.29) is 5.56 Å². The molecule has 36 heavy (non-hydrogen) atoms. The lowest BCUT2D eigenvalue weighted by Crippen LogP contribution is -2.48. The quantitative estimate of drug-likeness (QED) is 0.452. The van der Waals surface area contributed by atoms with Gasteiger partial charge in [0, 0.05) is 24.1 Å². The number of hydrogen-bond donors (Lipinski definition) is 1. The van der Waals surface area contributed by atoms with Crippen LogP contribution in [0.25, 0.3) is 6.58 Å². The number of imidazole rings is 1. The van der Waals surface area contributed by atoms with Crippen LogP contribution in [-0.2, 0) is 11.3 Å². The Kier molecular flexibility index (Phi) is 7.93. The Morgan fingerprint density at radius 1 is 1.03 bits per heavy atom. The number of nitrogens with zero attached hydrogens (tertiary/aromatic N) is 3. The molecule has 2 aromatic rings. The smallest absolute Gasteiger partial charge is 0.274 e. The molecule has 1 N–H and O–H groups in total. The molecule has 1 aromatic heterocycles. The third-order valence-corrected chi connectivity index (χ3v) is 8.20. The molecule has 1 aromatic carbocycles. The summed E-state index contributed by atoms with van der Waals surface area (Å²) in [5.74, 6) is 1.20. The predicted octanol–water partition coefficient (Wildman–Crippen LogP) is 4.33. The van der Waals surface area contributed by atoms with Gasteiger partial charge < -0.3 is 14.2 Å². The van der Waals surface area contributed by atoms with E-state index in [4.69, 9.17) is 4.74 Å². The number of hydrogen-bond acceptors (Lipinski definition) is 4. The Bertz CT molecular complexity index is 1200. The Morgan fingerprint density at radius 3 is 2.42 bits per heavy atom. The highest BCUT2D eigenvalue weighted by molar-refractivity contribution is 5.77. The minimum Gasteiger partial charge on any atom is -0.494 e. The van der Waals surface area contributed by atoms with Crippen molar-refractivity contribution in [3.05, 3.63) is 45.1 Å². The second-order valence-corrected chi connectivity index (χ2v) is 10.8. The number of nitrogens with one attached hydrogen (secondary N) is 1. The van der Waals surface area contributed by atoms with Gasteiger partial charge in [0.1, 0.15) is 11.1 Å². The molecule has 0 radical (unpaired) electrons. The fourth-order valence-electron chi connectivity index (χ4n) is 6.22. The van der Waals surface area contributed by atoms with Crippen LogP contribution in [0.3, 0.4) is 0 Å². The molecule has 2 heterocycles. The molecule has 0 unspecified atom stereocenters. The summed E-state index contributed by atoms with van der Waals surface area (Å²) in [6, 6.07) is 6.83. The van der Waals surface area contributed by atoms with Crippen LogP contribution in [0.5, 0.6) is 5.75 Å². The highest BCUT2D eigenvalue weighted by Gasteiger charge is 2.31. The number of unbranched alkanes of at least 4 members (excludes halogenated alkanes) is 2. The molecule has 2 fully saturated rings. The van der Waals surface area contributed by atoms with Crippen molar-refractivity contribution in [2.24, 2.45) is 4.99 Å². The summed E-state index contributed by atoms with van der Waals surface area (Å²) in [7, 11) is 0. The van der Waals surface area contributed by atoms with E-state index in [1.165, 1.54) is 64.2 Å². The van der Waals surface area contributed by atoms with Gasteiger partial charge in [0.25, 0.3) is 5.56 Å². The van der Waals surface area contributed by atoms with Crippen LogP contribution in [0.2, 0.25) is 0 Å². The number of fused-ring (bicyclic) bond motifs is 2.